The lowest BCUT2D eigenvalue weighted by Gasteiger charge is -2.14. The molecule has 0 amide bonds. The molecule has 0 bridgehead atoms. The Labute approximate surface area is 131 Å². The number of hydrogen-bond acceptors (Lipinski definition) is 4. The van der Waals surface area contributed by atoms with Crippen molar-refractivity contribution in [2.75, 3.05) is 4.72 Å². The van der Waals surface area contributed by atoms with Gasteiger partial charge in [0.2, 0.25) is 0 Å². The lowest BCUT2D eigenvalue weighted by molar-refractivity contribution is -0.254. The van der Waals surface area contributed by atoms with Crippen molar-refractivity contribution >= 4 is 44.9 Å². The van der Waals surface area contributed by atoms with E-state index in [2.05, 4.69) is 4.72 Å². The summed E-state index contributed by atoms with van der Waals surface area (Å²) < 4.78 is 26.7. The van der Waals surface area contributed by atoms with Crippen LogP contribution in [0.25, 0.3) is 0 Å². The van der Waals surface area contributed by atoms with E-state index in [-0.39, 0.29) is 26.2 Å². The Balaban J connectivity index is 2.48. The zero-order chi connectivity index (χ0) is 15.6. The SMILES string of the molecule is O=C([O-])c1ccccc1NS(=O)(=O)c1cc(Cl)ccc1Cl. The third-order valence-corrected chi connectivity index (χ3v) is 4.66. The second kappa shape index (κ2) is 5.93. The monoisotopic (exact) mass is 344 g/mol. The normalized spacial score (nSPS) is 11.1. The van der Waals surface area contributed by atoms with Crippen LogP contribution >= 0.6 is 23.2 Å². The summed E-state index contributed by atoms with van der Waals surface area (Å²) in [6.07, 6.45) is 0. The van der Waals surface area contributed by atoms with Crippen LogP contribution in [-0.4, -0.2) is 14.4 Å². The molecule has 0 aliphatic carbocycles. The molecule has 5 nitrogen and oxygen atoms in total. The first-order valence-electron chi connectivity index (χ1n) is 5.59. The Morgan fingerprint density at radius 2 is 1.76 bits per heavy atom. The lowest BCUT2D eigenvalue weighted by atomic mass is 10.2. The summed E-state index contributed by atoms with van der Waals surface area (Å²) in [5, 5.41) is 11.1. The second-order valence-corrected chi connectivity index (χ2v) is 6.51. The van der Waals surface area contributed by atoms with Crippen LogP contribution in [0.15, 0.2) is 47.4 Å². The summed E-state index contributed by atoms with van der Waals surface area (Å²) in [5.41, 5.74) is -0.396. The van der Waals surface area contributed by atoms with Gasteiger partial charge in [0.05, 0.1) is 16.7 Å². The zero-order valence-electron chi connectivity index (χ0n) is 10.3. The number of anilines is 1. The molecule has 21 heavy (non-hydrogen) atoms. The van der Waals surface area contributed by atoms with E-state index in [1.807, 2.05) is 0 Å². The summed E-state index contributed by atoms with van der Waals surface area (Å²) in [6.45, 7) is 0. The van der Waals surface area contributed by atoms with Crippen LogP contribution in [-0.2, 0) is 10.0 Å². The minimum Gasteiger partial charge on any atom is -0.545 e. The average molecular weight is 345 g/mol. The number of nitrogens with one attached hydrogen (secondary N) is 1. The highest BCUT2D eigenvalue weighted by atomic mass is 35.5. The predicted molar refractivity (Wildman–Crippen MR) is 78.0 cm³/mol. The van der Waals surface area contributed by atoms with Gasteiger partial charge in [-0.3, -0.25) is 4.72 Å². The van der Waals surface area contributed by atoms with Crippen molar-refractivity contribution in [2.45, 2.75) is 4.90 Å². The number of carbonyl (C=O) groups excluding carboxylic acids is 1. The minimum absolute atomic E-state index is 0.0298. The van der Waals surface area contributed by atoms with Gasteiger partial charge in [-0.05, 0) is 24.3 Å². The van der Waals surface area contributed by atoms with Crippen molar-refractivity contribution in [1.29, 1.82) is 0 Å². The van der Waals surface area contributed by atoms with Crippen LogP contribution in [0.5, 0.6) is 0 Å². The van der Waals surface area contributed by atoms with Crippen molar-refractivity contribution in [3.8, 4) is 0 Å². The number of carbonyl (C=O) groups is 1. The van der Waals surface area contributed by atoms with Gasteiger partial charge >= 0.3 is 0 Å². The van der Waals surface area contributed by atoms with Gasteiger partial charge in [0.25, 0.3) is 10.0 Å². The Hall–Kier alpha value is -1.76. The average Bonchev–Trinajstić information content (AvgIpc) is 2.41. The smallest absolute Gasteiger partial charge is 0.263 e. The molecule has 2 aromatic rings. The maximum Gasteiger partial charge on any atom is 0.263 e. The number of carboxylic acids is 1. The Morgan fingerprint density at radius 1 is 1.10 bits per heavy atom. The molecule has 0 fully saturated rings. The van der Waals surface area contributed by atoms with Gasteiger partial charge in [-0.25, -0.2) is 8.42 Å². The third kappa shape index (κ3) is 3.47. The number of halogens is 2. The first-order chi connectivity index (χ1) is 9.81. The molecule has 0 saturated heterocycles. The van der Waals surface area contributed by atoms with Crippen LogP contribution in [0, 0.1) is 0 Å². The van der Waals surface area contributed by atoms with E-state index in [0.29, 0.717) is 0 Å². The van der Waals surface area contributed by atoms with Gasteiger partial charge in [0, 0.05) is 10.6 Å². The number of carboxylic acid groups (broad SMARTS) is 1. The Bertz CT molecular complexity index is 806. The molecule has 0 heterocycles. The highest BCUT2D eigenvalue weighted by molar-refractivity contribution is 7.92. The fourth-order valence-corrected chi connectivity index (χ4v) is 3.48. The number of para-hydroxylation sites is 1. The van der Waals surface area contributed by atoms with Crippen LogP contribution in [0.4, 0.5) is 5.69 Å². The van der Waals surface area contributed by atoms with E-state index in [1.165, 1.54) is 42.5 Å². The fourth-order valence-electron chi connectivity index (χ4n) is 1.63. The molecule has 0 saturated carbocycles. The van der Waals surface area contributed by atoms with Gasteiger partial charge in [0.1, 0.15) is 4.90 Å². The number of sulfonamides is 1. The molecule has 0 spiro atoms. The molecule has 1 N–H and O–H groups in total. The van der Waals surface area contributed by atoms with Crippen LogP contribution in [0.2, 0.25) is 10.0 Å². The molecular weight excluding hydrogens is 337 g/mol. The number of benzene rings is 2. The largest absolute Gasteiger partial charge is 0.545 e. The van der Waals surface area contributed by atoms with Crippen LogP contribution < -0.4 is 9.83 Å². The summed E-state index contributed by atoms with van der Waals surface area (Å²) in [5.74, 6) is -1.49. The topological polar surface area (TPSA) is 86.3 Å². The summed E-state index contributed by atoms with van der Waals surface area (Å²) in [6, 6.07) is 9.43. The Kier molecular flexibility index (Phi) is 4.41. The van der Waals surface area contributed by atoms with Crippen LogP contribution in [0.1, 0.15) is 10.4 Å². The molecular formula is C13H8Cl2NO4S-. The van der Waals surface area contributed by atoms with Crippen molar-refractivity contribution in [3.05, 3.63) is 58.1 Å². The number of aromatic carboxylic acids is 1. The predicted octanol–water partition coefficient (Wildman–Crippen LogP) is 2.16. The lowest BCUT2D eigenvalue weighted by Crippen LogP contribution is -2.25. The second-order valence-electron chi connectivity index (χ2n) is 4.01. The van der Waals surface area contributed by atoms with E-state index < -0.39 is 16.0 Å². The highest BCUT2D eigenvalue weighted by Crippen LogP contribution is 2.27. The first kappa shape index (κ1) is 15.6. The number of hydrogen-bond donors (Lipinski definition) is 1. The molecule has 8 heteroatoms. The van der Waals surface area contributed by atoms with E-state index in [0.717, 1.165) is 0 Å². The van der Waals surface area contributed by atoms with Gasteiger partial charge < -0.3 is 9.90 Å². The van der Waals surface area contributed by atoms with Crippen molar-refractivity contribution in [1.82, 2.24) is 0 Å². The standard InChI is InChI=1S/C13H9Cl2NO4S/c14-8-5-6-10(15)12(7-8)21(19,20)16-11-4-2-1-3-9(11)13(17)18/h1-7,16H,(H,17,18)/p-1. The van der Waals surface area contributed by atoms with Gasteiger partial charge in [-0.2, -0.15) is 0 Å². The van der Waals surface area contributed by atoms with Crippen molar-refractivity contribution in [2.24, 2.45) is 0 Å². The molecule has 0 unspecified atom stereocenters. The van der Waals surface area contributed by atoms with E-state index in [1.54, 1.807) is 0 Å². The van der Waals surface area contributed by atoms with E-state index >= 15 is 0 Å². The van der Waals surface area contributed by atoms with Crippen molar-refractivity contribution < 1.29 is 18.3 Å². The molecule has 110 valence electrons. The van der Waals surface area contributed by atoms with Gasteiger partial charge in [-0.1, -0.05) is 41.4 Å². The third-order valence-electron chi connectivity index (χ3n) is 2.57. The molecule has 2 aromatic carbocycles. The molecule has 0 radical (unpaired) electrons. The highest BCUT2D eigenvalue weighted by Gasteiger charge is 2.20. The summed E-state index contributed by atoms with van der Waals surface area (Å²) in [7, 11) is -4.08. The summed E-state index contributed by atoms with van der Waals surface area (Å²) in [4.78, 5) is 10.7. The number of rotatable bonds is 4. The van der Waals surface area contributed by atoms with E-state index in [4.69, 9.17) is 23.2 Å². The maximum atomic E-state index is 12.3. The molecule has 0 aliphatic rings. The van der Waals surface area contributed by atoms with Gasteiger partial charge in [-0.15, -0.1) is 0 Å². The minimum atomic E-state index is -4.08. The zero-order valence-corrected chi connectivity index (χ0v) is 12.7. The quantitative estimate of drug-likeness (QED) is 0.920. The molecule has 0 aromatic heterocycles. The summed E-state index contributed by atoms with van der Waals surface area (Å²) >= 11 is 11.6. The first-order valence-corrected chi connectivity index (χ1v) is 7.83. The van der Waals surface area contributed by atoms with Gasteiger partial charge in [0.15, 0.2) is 0 Å². The van der Waals surface area contributed by atoms with Crippen molar-refractivity contribution in [3.63, 3.8) is 0 Å². The molecule has 2 rings (SSSR count). The molecule has 0 aliphatic heterocycles. The van der Waals surface area contributed by atoms with E-state index in [9.17, 15) is 18.3 Å². The van der Waals surface area contributed by atoms with Crippen LogP contribution in [0.3, 0.4) is 0 Å². The Morgan fingerprint density at radius 3 is 2.43 bits per heavy atom. The maximum absolute atomic E-state index is 12.3. The fraction of sp³-hybridized carbons (Fsp3) is 0. The molecule has 0 atom stereocenters.